The summed E-state index contributed by atoms with van der Waals surface area (Å²) in [6, 6.07) is 0.202. The number of hydrogen-bond donors (Lipinski definition) is 2. The molecule has 0 radical (unpaired) electrons. The van der Waals surface area contributed by atoms with Crippen LogP contribution in [0.2, 0.25) is 0 Å². The lowest BCUT2D eigenvalue weighted by molar-refractivity contribution is 0.509. The van der Waals surface area contributed by atoms with Gasteiger partial charge in [0.15, 0.2) is 5.82 Å². The summed E-state index contributed by atoms with van der Waals surface area (Å²) in [5, 5.41) is 3.08. The van der Waals surface area contributed by atoms with Crippen molar-refractivity contribution in [1.82, 2.24) is 9.55 Å². The fraction of sp³-hybridized carbons (Fsp3) is 0.692. The highest BCUT2D eigenvalue weighted by Crippen LogP contribution is 2.00. The molecule has 5 heteroatoms. The van der Waals surface area contributed by atoms with E-state index in [2.05, 4.69) is 24.1 Å². The second kappa shape index (κ2) is 7.16. The summed E-state index contributed by atoms with van der Waals surface area (Å²) in [7, 11) is 0. The van der Waals surface area contributed by atoms with Crippen LogP contribution in [0, 0.1) is 5.92 Å². The van der Waals surface area contributed by atoms with E-state index in [1.165, 1.54) is 0 Å². The molecule has 0 fully saturated rings. The Balaban J connectivity index is 2.58. The van der Waals surface area contributed by atoms with Gasteiger partial charge in [0, 0.05) is 31.5 Å². The fourth-order valence-electron chi connectivity index (χ4n) is 1.74. The van der Waals surface area contributed by atoms with Crippen molar-refractivity contribution in [3.63, 3.8) is 0 Å². The van der Waals surface area contributed by atoms with Crippen LogP contribution in [0.3, 0.4) is 0 Å². The first-order valence-corrected chi connectivity index (χ1v) is 6.55. The van der Waals surface area contributed by atoms with Gasteiger partial charge in [-0.2, -0.15) is 0 Å². The molecule has 0 aliphatic heterocycles. The van der Waals surface area contributed by atoms with Gasteiger partial charge >= 0.3 is 0 Å². The van der Waals surface area contributed by atoms with Crippen molar-refractivity contribution in [1.29, 1.82) is 0 Å². The molecular formula is C13H24N4O. The normalized spacial score (nSPS) is 12.7. The summed E-state index contributed by atoms with van der Waals surface area (Å²) in [5.74, 6) is 0.874. The lowest BCUT2D eigenvalue weighted by atomic mass is 10.2. The second-order valence-corrected chi connectivity index (χ2v) is 5.17. The Morgan fingerprint density at radius 1 is 1.44 bits per heavy atom. The van der Waals surface area contributed by atoms with Crippen molar-refractivity contribution >= 4 is 5.82 Å². The maximum atomic E-state index is 12.0. The zero-order valence-corrected chi connectivity index (χ0v) is 11.5. The van der Waals surface area contributed by atoms with Crippen LogP contribution in [-0.2, 0) is 6.54 Å². The monoisotopic (exact) mass is 252 g/mol. The molecule has 102 valence electrons. The smallest absolute Gasteiger partial charge is 0.293 e. The fourth-order valence-corrected chi connectivity index (χ4v) is 1.74. The van der Waals surface area contributed by atoms with Crippen LogP contribution in [-0.4, -0.2) is 22.1 Å². The maximum absolute atomic E-state index is 12.0. The molecule has 0 spiro atoms. The van der Waals surface area contributed by atoms with Gasteiger partial charge in [-0.15, -0.1) is 0 Å². The number of nitrogens with zero attached hydrogens (tertiary/aromatic N) is 2. The van der Waals surface area contributed by atoms with Crippen molar-refractivity contribution in [3.05, 3.63) is 22.7 Å². The minimum atomic E-state index is -0.0491. The molecule has 0 aliphatic carbocycles. The van der Waals surface area contributed by atoms with Gasteiger partial charge in [-0.1, -0.05) is 13.8 Å². The number of hydrogen-bond acceptors (Lipinski definition) is 4. The van der Waals surface area contributed by atoms with Gasteiger partial charge in [0.2, 0.25) is 0 Å². The Morgan fingerprint density at radius 3 is 2.78 bits per heavy atom. The molecule has 0 aliphatic rings. The molecule has 0 saturated carbocycles. The summed E-state index contributed by atoms with van der Waals surface area (Å²) in [6.07, 6.45) is 5.28. The SMILES string of the molecule is CC(C)Cn1ccnc(NCCCC(C)N)c1=O. The molecule has 1 unspecified atom stereocenters. The molecule has 5 nitrogen and oxygen atoms in total. The van der Waals surface area contributed by atoms with Gasteiger partial charge in [-0.05, 0) is 25.7 Å². The molecule has 1 aromatic heterocycles. The van der Waals surface area contributed by atoms with Crippen molar-refractivity contribution in [2.75, 3.05) is 11.9 Å². The average molecular weight is 252 g/mol. The van der Waals surface area contributed by atoms with Crippen LogP contribution in [0.25, 0.3) is 0 Å². The molecule has 0 amide bonds. The first-order valence-electron chi connectivity index (χ1n) is 6.55. The zero-order chi connectivity index (χ0) is 13.5. The topological polar surface area (TPSA) is 72.9 Å². The largest absolute Gasteiger partial charge is 0.365 e. The van der Waals surface area contributed by atoms with E-state index in [1.807, 2.05) is 6.92 Å². The number of nitrogens with one attached hydrogen (secondary N) is 1. The molecule has 0 bridgehead atoms. The van der Waals surface area contributed by atoms with E-state index in [-0.39, 0.29) is 11.6 Å². The van der Waals surface area contributed by atoms with Crippen molar-refractivity contribution in [2.24, 2.45) is 11.7 Å². The van der Waals surface area contributed by atoms with Gasteiger partial charge in [-0.25, -0.2) is 4.98 Å². The third kappa shape index (κ3) is 4.87. The molecule has 18 heavy (non-hydrogen) atoms. The molecule has 0 aromatic carbocycles. The van der Waals surface area contributed by atoms with Gasteiger partial charge < -0.3 is 15.6 Å². The standard InChI is InChI=1S/C13H24N4O/c1-10(2)9-17-8-7-16-12(13(17)18)15-6-4-5-11(3)14/h7-8,10-11H,4-6,9,14H2,1-3H3,(H,15,16). The Kier molecular flexibility index (Phi) is 5.85. The summed E-state index contributed by atoms with van der Waals surface area (Å²) in [4.78, 5) is 16.1. The Bertz CT molecular complexity index is 412. The number of aromatic nitrogens is 2. The Morgan fingerprint density at radius 2 is 2.17 bits per heavy atom. The van der Waals surface area contributed by atoms with E-state index >= 15 is 0 Å². The van der Waals surface area contributed by atoms with Crippen molar-refractivity contribution < 1.29 is 0 Å². The van der Waals surface area contributed by atoms with Crippen molar-refractivity contribution in [3.8, 4) is 0 Å². The highest BCUT2D eigenvalue weighted by molar-refractivity contribution is 5.30. The first-order chi connectivity index (χ1) is 8.50. The lowest BCUT2D eigenvalue weighted by Gasteiger charge is -2.11. The van der Waals surface area contributed by atoms with Crippen LogP contribution in [0.15, 0.2) is 17.2 Å². The van der Waals surface area contributed by atoms with E-state index in [0.29, 0.717) is 11.7 Å². The van der Waals surface area contributed by atoms with Crippen molar-refractivity contribution in [2.45, 2.75) is 46.2 Å². The van der Waals surface area contributed by atoms with E-state index in [0.717, 1.165) is 25.9 Å². The maximum Gasteiger partial charge on any atom is 0.293 e. The van der Waals surface area contributed by atoms with Crippen LogP contribution in [0.5, 0.6) is 0 Å². The second-order valence-electron chi connectivity index (χ2n) is 5.17. The van der Waals surface area contributed by atoms with Gasteiger partial charge in [0.1, 0.15) is 0 Å². The summed E-state index contributed by atoms with van der Waals surface area (Å²) in [5.41, 5.74) is 5.62. The number of rotatable bonds is 7. The number of nitrogens with two attached hydrogens (primary N) is 1. The molecule has 1 aromatic rings. The highest BCUT2D eigenvalue weighted by atomic mass is 16.1. The minimum Gasteiger partial charge on any atom is -0.365 e. The summed E-state index contributed by atoms with van der Waals surface area (Å²) < 4.78 is 1.70. The summed E-state index contributed by atoms with van der Waals surface area (Å²) >= 11 is 0. The molecule has 1 rings (SSSR count). The van der Waals surface area contributed by atoms with Crippen LogP contribution in [0.1, 0.15) is 33.6 Å². The van der Waals surface area contributed by atoms with Crippen LogP contribution in [0.4, 0.5) is 5.82 Å². The van der Waals surface area contributed by atoms with E-state index in [1.54, 1.807) is 17.0 Å². The molecule has 1 atom stereocenters. The lowest BCUT2D eigenvalue weighted by Crippen LogP contribution is -2.26. The van der Waals surface area contributed by atoms with E-state index < -0.39 is 0 Å². The average Bonchev–Trinajstić information content (AvgIpc) is 2.28. The highest BCUT2D eigenvalue weighted by Gasteiger charge is 2.05. The number of anilines is 1. The Labute approximate surface area is 108 Å². The molecular weight excluding hydrogens is 228 g/mol. The van der Waals surface area contributed by atoms with Gasteiger partial charge in [-0.3, -0.25) is 4.79 Å². The van der Waals surface area contributed by atoms with Gasteiger partial charge in [0.25, 0.3) is 5.56 Å². The predicted molar refractivity (Wildman–Crippen MR) is 74.7 cm³/mol. The van der Waals surface area contributed by atoms with E-state index in [4.69, 9.17) is 5.73 Å². The third-order valence-electron chi connectivity index (χ3n) is 2.60. The van der Waals surface area contributed by atoms with Crippen LogP contribution < -0.4 is 16.6 Å². The molecule has 3 N–H and O–H groups in total. The van der Waals surface area contributed by atoms with E-state index in [9.17, 15) is 4.79 Å². The van der Waals surface area contributed by atoms with Crippen LogP contribution >= 0.6 is 0 Å². The quantitative estimate of drug-likeness (QED) is 0.720. The summed E-state index contributed by atoms with van der Waals surface area (Å²) in [6.45, 7) is 7.60. The minimum absolute atomic E-state index is 0.0491. The third-order valence-corrected chi connectivity index (χ3v) is 2.60. The zero-order valence-electron chi connectivity index (χ0n) is 11.5. The molecule has 1 heterocycles. The molecule has 0 saturated heterocycles. The van der Waals surface area contributed by atoms with Gasteiger partial charge in [0.05, 0.1) is 0 Å². The first kappa shape index (κ1) is 14.7. The predicted octanol–water partition coefficient (Wildman–Crippen LogP) is 1.44. The Hall–Kier alpha value is -1.36.